The van der Waals surface area contributed by atoms with Crippen molar-refractivity contribution in [1.82, 2.24) is 0 Å². The molecule has 0 radical (unpaired) electrons. The van der Waals surface area contributed by atoms with Gasteiger partial charge in [0.15, 0.2) is 0 Å². The summed E-state index contributed by atoms with van der Waals surface area (Å²) >= 11 is 3.43. The average molecular weight is 440 g/mol. The van der Waals surface area contributed by atoms with Gasteiger partial charge in [-0.15, -0.1) is 0 Å². The second-order valence-corrected chi connectivity index (χ2v) is 8.92. The monoisotopic (exact) mass is 439 g/mol. The number of primary sulfonamides is 1. The van der Waals surface area contributed by atoms with Crippen molar-refractivity contribution in [1.29, 1.82) is 0 Å². The summed E-state index contributed by atoms with van der Waals surface area (Å²) in [6, 6.07) is 11.7. The molecule has 0 heterocycles. The zero-order valence-corrected chi connectivity index (χ0v) is 16.2. The lowest BCUT2D eigenvalue weighted by molar-refractivity contribution is -0.385. The summed E-state index contributed by atoms with van der Waals surface area (Å²) in [6.45, 7) is 0.523. The number of hydrogen-bond acceptors (Lipinski definition) is 5. The van der Waals surface area contributed by atoms with Gasteiger partial charge < -0.3 is 5.32 Å². The summed E-state index contributed by atoms with van der Waals surface area (Å²) in [7, 11) is -4.09. The van der Waals surface area contributed by atoms with Crippen LogP contribution in [0.3, 0.4) is 0 Å². The molecule has 9 heteroatoms. The van der Waals surface area contributed by atoms with Gasteiger partial charge in [-0.05, 0) is 36.6 Å². The maximum Gasteiger partial charge on any atom is 0.270 e. The number of non-ortho nitro benzene ring substituents is 1. The fourth-order valence-electron chi connectivity index (χ4n) is 3.24. The molecule has 0 bridgehead atoms. The van der Waals surface area contributed by atoms with E-state index >= 15 is 0 Å². The first-order valence-corrected chi connectivity index (χ1v) is 10.4. The molecule has 0 atom stereocenters. The molecule has 2 aromatic carbocycles. The fourth-order valence-corrected chi connectivity index (χ4v) is 4.24. The van der Waals surface area contributed by atoms with Crippen molar-refractivity contribution in [3.05, 3.63) is 62.6 Å². The molecule has 0 saturated heterocycles. The maximum atomic E-state index is 11.9. The van der Waals surface area contributed by atoms with Crippen molar-refractivity contribution >= 4 is 37.3 Å². The van der Waals surface area contributed by atoms with Gasteiger partial charge in [-0.3, -0.25) is 10.1 Å². The average Bonchev–Trinajstić information content (AvgIpc) is 2.54. The van der Waals surface area contributed by atoms with E-state index in [-0.39, 0.29) is 21.7 Å². The van der Waals surface area contributed by atoms with Crippen LogP contribution in [0.5, 0.6) is 0 Å². The van der Waals surface area contributed by atoms with E-state index in [4.69, 9.17) is 5.14 Å². The number of nitrogens with one attached hydrogen (secondary N) is 1. The molecule has 1 aliphatic carbocycles. The third-order valence-corrected chi connectivity index (χ3v) is 6.35. The molecular formula is C17H18BrN3O4S. The van der Waals surface area contributed by atoms with Crippen molar-refractivity contribution in [2.45, 2.75) is 29.6 Å². The van der Waals surface area contributed by atoms with Gasteiger partial charge >= 0.3 is 0 Å². The molecule has 0 amide bonds. The van der Waals surface area contributed by atoms with E-state index in [1.807, 2.05) is 12.1 Å². The Kier molecular flexibility index (Phi) is 5.05. The number of nitrogens with two attached hydrogens (primary N) is 1. The molecule has 1 aliphatic rings. The summed E-state index contributed by atoms with van der Waals surface area (Å²) in [5, 5.41) is 19.3. The van der Waals surface area contributed by atoms with Crippen molar-refractivity contribution in [2.75, 3.05) is 11.9 Å². The maximum absolute atomic E-state index is 11.9. The molecule has 2 aromatic rings. The number of rotatable bonds is 6. The molecule has 7 nitrogen and oxygen atoms in total. The number of benzene rings is 2. The van der Waals surface area contributed by atoms with Crippen LogP contribution >= 0.6 is 15.9 Å². The van der Waals surface area contributed by atoms with Gasteiger partial charge in [-0.1, -0.05) is 34.5 Å². The molecule has 138 valence electrons. The lowest BCUT2D eigenvalue weighted by Gasteiger charge is -2.43. The highest BCUT2D eigenvalue weighted by molar-refractivity contribution is 9.10. The molecule has 1 fully saturated rings. The Hall–Kier alpha value is -1.97. The van der Waals surface area contributed by atoms with Crippen molar-refractivity contribution < 1.29 is 13.3 Å². The van der Waals surface area contributed by atoms with Crippen LogP contribution in [-0.2, 0) is 15.4 Å². The molecule has 0 spiro atoms. The first kappa shape index (κ1) is 18.8. The minimum absolute atomic E-state index is 0.0852. The minimum atomic E-state index is -4.09. The highest BCUT2D eigenvalue weighted by Crippen LogP contribution is 2.44. The van der Waals surface area contributed by atoms with E-state index in [0.717, 1.165) is 29.8 Å². The van der Waals surface area contributed by atoms with E-state index in [2.05, 4.69) is 33.4 Å². The van der Waals surface area contributed by atoms with Crippen molar-refractivity contribution in [2.24, 2.45) is 5.14 Å². The highest BCUT2D eigenvalue weighted by atomic mass is 79.9. The molecule has 0 aromatic heterocycles. The normalized spacial score (nSPS) is 15.9. The summed E-state index contributed by atoms with van der Waals surface area (Å²) < 4.78 is 24.7. The quantitative estimate of drug-likeness (QED) is 0.527. The molecule has 1 saturated carbocycles. The standard InChI is InChI=1S/C17H18BrN3O4S/c18-13-4-2-12(3-5-13)17(8-1-9-17)11-20-15-7-6-14(21(22)23)10-16(15)26(19,24)25/h2-7,10,20H,1,8-9,11H2,(H2,19,24,25). The lowest BCUT2D eigenvalue weighted by Crippen LogP contribution is -2.41. The Bertz CT molecular complexity index is 941. The number of hydrogen-bond donors (Lipinski definition) is 2. The molecule has 3 rings (SSSR count). The lowest BCUT2D eigenvalue weighted by atomic mass is 9.64. The first-order valence-electron chi connectivity index (χ1n) is 8.02. The number of nitro groups is 1. The van der Waals surface area contributed by atoms with E-state index in [1.165, 1.54) is 17.7 Å². The van der Waals surface area contributed by atoms with Crippen LogP contribution in [0.2, 0.25) is 0 Å². The predicted molar refractivity (Wildman–Crippen MR) is 103 cm³/mol. The van der Waals surface area contributed by atoms with Gasteiger partial charge in [0, 0.05) is 28.6 Å². The van der Waals surface area contributed by atoms with Crippen LogP contribution in [0.4, 0.5) is 11.4 Å². The smallest absolute Gasteiger partial charge is 0.270 e. The molecule has 3 N–H and O–H groups in total. The molecule has 0 unspecified atom stereocenters. The van der Waals surface area contributed by atoms with Crippen LogP contribution in [-0.4, -0.2) is 19.9 Å². The molecular weight excluding hydrogens is 422 g/mol. The van der Waals surface area contributed by atoms with Gasteiger partial charge in [0.1, 0.15) is 4.90 Å². The van der Waals surface area contributed by atoms with Gasteiger partial charge in [-0.25, -0.2) is 13.6 Å². The van der Waals surface area contributed by atoms with Gasteiger partial charge in [-0.2, -0.15) is 0 Å². The van der Waals surface area contributed by atoms with Gasteiger partial charge in [0.25, 0.3) is 5.69 Å². The number of halogens is 1. The molecule has 26 heavy (non-hydrogen) atoms. The van der Waals surface area contributed by atoms with E-state index in [1.54, 1.807) is 0 Å². The minimum Gasteiger partial charge on any atom is -0.383 e. The zero-order valence-electron chi connectivity index (χ0n) is 13.8. The zero-order chi connectivity index (χ0) is 18.9. The van der Waals surface area contributed by atoms with Crippen molar-refractivity contribution in [3.63, 3.8) is 0 Å². The topological polar surface area (TPSA) is 115 Å². The number of anilines is 1. The Morgan fingerprint density at radius 1 is 1.19 bits per heavy atom. The number of nitro benzene ring substituents is 1. The van der Waals surface area contributed by atoms with Gasteiger partial charge in [0.05, 0.1) is 10.6 Å². The highest BCUT2D eigenvalue weighted by Gasteiger charge is 2.38. The first-order chi connectivity index (χ1) is 12.2. The number of sulfonamides is 1. The summed E-state index contributed by atoms with van der Waals surface area (Å²) in [5.41, 5.74) is 1.06. The van der Waals surface area contributed by atoms with Crippen LogP contribution in [0.15, 0.2) is 51.8 Å². The van der Waals surface area contributed by atoms with E-state index in [9.17, 15) is 18.5 Å². The number of nitrogens with zero attached hydrogens (tertiary/aromatic N) is 1. The fraction of sp³-hybridized carbons (Fsp3) is 0.294. The summed E-state index contributed by atoms with van der Waals surface area (Å²) in [5.74, 6) is 0. The second-order valence-electron chi connectivity index (χ2n) is 6.48. The Morgan fingerprint density at radius 2 is 1.85 bits per heavy atom. The largest absolute Gasteiger partial charge is 0.383 e. The summed E-state index contributed by atoms with van der Waals surface area (Å²) in [6.07, 6.45) is 3.07. The Morgan fingerprint density at radius 3 is 2.35 bits per heavy atom. The Balaban J connectivity index is 1.89. The third kappa shape index (κ3) is 3.74. The summed E-state index contributed by atoms with van der Waals surface area (Å²) in [4.78, 5) is 10.0. The van der Waals surface area contributed by atoms with E-state index < -0.39 is 14.9 Å². The predicted octanol–water partition coefficient (Wildman–Crippen LogP) is 3.54. The SMILES string of the molecule is NS(=O)(=O)c1cc([N+](=O)[O-])ccc1NCC1(c2ccc(Br)cc2)CCC1. The van der Waals surface area contributed by atoms with Gasteiger partial charge in [0.2, 0.25) is 10.0 Å². The Labute approximate surface area is 159 Å². The van der Waals surface area contributed by atoms with Crippen LogP contribution in [0.25, 0.3) is 0 Å². The molecule has 0 aliphatic heterocycles. The van der Waals surface area contributed by atoms with E-state index in [0.29, 0.717) is 6.54 Å². The van der Waals surface area contributed by atoms with Crippen LogP contribution < -0.4 is 10.5 Å². The third-order valence-electron chi connectivity index (χ3n) is 4.87. The van der Waals surface area contributed by atoms with Crippen LogP contribution in [0.1, 0.15) is 24.8 Å². The van der Waals surface area contributed by atoms with Crippen LogP contribution in [0, 0.1) is 10.1 Å². The second kappa shape index (κ2) is 6.98. The van der Waals surface area contributed by atoms with Crippen molar-refractivity contribution in [3.8, 4) is 0 Å².